The van der Waals surface area contributed by atoms with E-state index in [0.29, 0.717) is 11.7 Å². The minimum Gasteiger partial charge on any atom is -0.335 e. The standard InChI is InChI=1S/C21H21N3O2S/c1-13-7-8-17-19(11-13)27-21(22-17)23-20(26)12-18-16-6-4-3-5-15(16)9-10-24(18)14(2)25/h3-8,11,18H,9-10,12H2,1-2H3,(H,22,23,26). The fourth-order valence-corrected chi connectivity index (χ4v) is 4.66. The van der Waals surface area contributed by atoms with Crippen LogP contribution in [0.4, 0.5) is 5.13 Å². The lowest BCUT2D eigenvalue weighted by atomic mass is 9.90. The quantitative estimate of drug-likeness (QED) is 0.746. The Morgan fingerprint density at radius 1 is 1.26 bits per heavy atom. The van der Waals surface area contributed by atoms with Crippen molar-refractivity contribution >= 4 is 38.5 Å². The van der Waals surface area contributed by atoms with Crippen LogP contribution in [-0.2, 0) is 16.0 Å². The summed E-state index contributed by atoms with van der Waals surface area (Å²) in [6, 6.07) is 13.9. The summed E-state index contributed by atoms with van der Waals surface area (Å²) in [4.78, 5) is 31.1. The number of hydrogen-bond acceptors (Lipinski definition) is 4. The van der Waals surface area contributed by atoms with Crippen LogP contribution in [0, 0.1) is 6.92 Å². The van der Waals surface area contributed by atoms with Gasteiger partial charge in [-0.1, -0.05) is 41.7 Å². The van der Waals surface area contributed by atoms with Gasteiger partial charge in [-0.25, -0.2) is 4.98 Å². The normalized spacial score (nSPS) is 16.2. The van der Waals surface area contributed by atoms with Gasteiger partial charge in [-0.3, -0.25) is 9.59 Å². The molecule has 6 heteroatoms. The monoisotopic (exact) mass is 379 g/mol. The number of anilines is 1. The van der Waals surface area contributed by atoms with Crippen LogP contribution in [0.5, 0.6) is 0 Å². The Kier molecular flexibility index (Phi) is 4.66. The fraction of sp³-hybridized carbons (Fsp3) is 0.286. The summed E-state index contributed by atoms with van der Waals surface area (Å²) in [6.07, 6.45) is 1.05. The maximum Gasteiger partial charge on any atom is 0.228 e. The second kappa shape index (κ2) is 7.12. The van der Waals surface area contributed by atoms with E-state index in [1.807, 2.05) is 37.3 Å². The molecule has 1 aliphatic rings. The van der Waals surface area contributed by atoms with Gasteiger partial charge < -0.3 is 10.2 Å². The van der Waals surface area contributed by atoms with Crippen LogP contribution >= 0.6 is 11.3 Å². The highest BCUT2D eigenvalue weighted by Gasteiger charge is 2.30. The van der Waals surface area contributed by atoms with Gasteiger partial charge in [0, 0.05) is 13.5 Å². The van der Waals surface area contributed by atoms with Gasteiger partial charge in [-0.15, -0.1) is 0 Å². The van der Waals surface area contributed by atoms with Crippen molar-refractivity contribution in [3.63, 3.8) is 0 Å². The Hall–Kier alpha value is -2.73. The van der Waals surface area contributed by atoms with Crippen molar-refractivity contribution in [1.82, 2.24) is 9.88 Å². The number of rotatable bonds is 3. The molecule has 2 heterocycles. The summed E-state index contributed by atoms with van der Waals surface area (Å²) in [5.41, 5.74) is 4.33. The first kappa shape index (κ1) is 17.7. The Bertz CT molecular complexity index is 1030. The van der Waals surface area contributed by atoms with Crippen LogP contribution in [0.15, 0.2) is 42.5 Å². The fourth-order valence-electron chi connectivity index (χ4n) is 3.68. The molecule has 0 spiro atoms. The molecule has 0 aliphatic carbocycles. The van der Waals surface area contributed by atoms with Crippen molar-refractivity contribution < 1.29 is 9.59 Å². The summed E-state index contributed by atoms with van der Waals surface area (Å²) >= 11 is 1.47. The van der Waals surface area contributed by atoms with Crippen LogP contribution in [0.1, 0.15) is 36.1 Å². The zero-order valence-corrected chi connectivity index (χ0v) is 16.2. The lowest BCUT2D eigenvalue weighted by Crippen LogP contribution is -2.40. The molecule has 138 valence electrons. The van der Waals surface area contributed by atoms with E-state index in [1.54, 1.807) is 11.8 Å². The highest BCUT2D eigenvalue weighted by molar-refractivity contribution is 7.22. The van der Waals surface area contributed by atoms with E-state index in [-0.39, 0.29) is 24.3 Å². The molecule has 0 radical (unpaired) electrons. The maximum atomic E-state index is 12.7. The number of amides is 2. The number of carbonyl (C=O) groups is 2. The summed E-state index contributed by atoms with van der Waals surface area (Å²) in [5.74, 6) is -0.128. The van der Waals surface area contributed by atoms with E-state index in [9.17, 15) is 9.59 Å². The first-order valence-corrected chi connectivity index (χ1v) is 9.85. The summed E-state index contributed by atoms with van der Waals surface area (Å²) in [5, 5.41) is 3.52. The van der Waals surface area contributed by atoms with Gasteiger partial charge >= 0.3 is 0 Å². The zero-order chi connectivity index (χ0) is 19.0. The minimum absolute atomic E-state index is 0.00207. The molecule has 0 bridgehead atoms. The number of benzene rings is 2. The van der Waals surface area contributed by atoms with E-state index < -0.39 is 0 Å². The van der Waals surface area contributed by atoms with Crippen LogP contribution < -0.4 is 5.32 Å². The molecule has 1 aliphatic heterocycles. The molecular formula is C21H21N3O2S. The van der Waals surface area contributed by atoms with Crippen molar-refractivity contribution in [3.05, 3.63) is 59.2 Å². The molecule has 5 nitrogen and oxygen atoms in total. The second-order valence-electron chi connectivity index (χ2n) is 6.92. The Balaban J connectivity index is 1.55. The minimum atomic E-state index is -0.232. The molecule has 1 N–H and O–H groups in total. The largest absolute Gasteiger partial charge is 0.335 e. The van der Waals surface area contributed by atoms with E-state index in [0.717, 1.165) is 22.2 Å². The van der Waals surface area contributed by atoms with Gasteiger partial charge in [-0.05, 0) is 42.2 Å². The molecule has 0 saturated carbocycles. The average molecular weight is 379 g/mol. The van der Waals surface area contributed by atoms with Crippen molar-refractivity contribution in [2.75, 3.05) is 11.9 Å². The zero-order valence-electron chi connectivity index (χ0n) is 15.4. The maximum absolute atomic E-state index is 12.7. The van der Waals surface area contributed by atoms with Crippen LogP contribution in [-0.4, -0.2) is 28.2 Å². The summed E-state index contributed by atoms with van der Waals surface area (Å²) in [6.45, 7) is 4.24. The van der Waals surface area contributed by atoms with Gasteiger partial charge in [0.1, 0.15) is 0 Å². The van der Waals surface area contributed by atoms with Gasteiger partial charge in [0.05, 0.1) is 22.7 Å². The third-order valence-electron chi connectivity index (χ3n) is 4.99. The van der Waals surface area contributed by atoms with Crippen LogP contribution in [0.2, 0.25) is 0 Å². The number of nitrogens with one attached hydrogen (secondary N) is 1. The lowest BCUT2D eigenvalue weighted by Gasteiger charge is -2.36. The molecule has 1 aromatic heterocycles. The highest BCUT2D eigenvalue weighted by Crippen LogP contribution is 2.33. The topological polar surface area (TPSA) is 62.3 Å². The Labute approximate surface area is 162 Å². The van der Waals surface area contributed by atoms with Gasteiger partial charge in [0.15, 0.2) is 5.13 Å². The van der Waals surface area contributed by atoms with Crippen LogP contribution in [0.3, 0.4) is 0 Å². The smallest absolute Gasteiger partial charge is 0.228 e. The summed E-state index contributed by atoms with van der Waals surface area (Å²) < 4.78 is 1.05. The number of aryl methyl sites for hydroxylation is 1. The second-order valence-corrected chi connectivity index (χ2v) is 7.95. The summed E-state index contributed by atoms with van der Waals surface area (Å²) in [7, 11) is 0. The van der Waals surface area contributed by atoms with Crippen LogP contribution in [0.25, 0.3) is 10.2 Å². The molecule has 1 unspecified atom stereocenters. The number of nitrogens with zero attached hydrogens (tertiary/aromatic N) is 2. The van der Waals surface area contributed by atoms with E-state index in [2.05, 4.69) is 22.4 Å². The van der Waals surface area contributed by atoms with E-state index in [4.69, 9.17) is 0 Å². The molecular weight excluding hydrogens is 358 g/mol. The molecule has 27 heavy (non-hydrogen) atoms. The predicted octanol–water partition coefficient (Wildman–Crippen LogP) is 4.08. The van der Waals surface area contributed by atoms with Gasteiger partial charge in [0.2, 0.25) is 11.8 Å². The molecule has 3 aromatic rings. The van der Waals surface area contributed by atoms with Crippen molar-refractivity contribution in [2.24, 2.45) is 0 Å². The molecule has 4 rings (SSSR count). The third kappa shape index (κ3) is 3.57. The number of thiazole rings is 1. The number of aromatic nitrogens is 1. The number of hydrogen-bond donors (Lipinski definition) is 1. The molecule has 0 fully saturated rings. The van der Waals surface area contributed by atoms with E-state index >= 15 is 0 Å². The number of carbonyl (C=O) groups excluding carboxylic acids is 2. The first-order valence-electron chi connectivity index (χ1n) is 9.03. The van der Waals surface area contributed by atoms with Crippen molar-refractivity contribution in [2.45, 2.75) is 32.7 Å². The van der Waals surface area contributed by atoms with E-state index in [1.165, 1.54) is 22.5 Å². The third-order valence-corrected chi connectivity index (χ3v) is 5.92. The lowest BCUT2D eigenvalue weighted by molar-refractivity contribution is -0.132. The van der Waals surface area contributed by atoms with Gasteiger partial charge in [0.25, 0.3) is 0 Å². The predicted molar refractivity (Wildman–Crippen MR) is 108 cm³/mol. The Morgan fingerprint density at radius 3 is 2.89 bits per heavy atom. The molecule has 0 saturated heterocycles. The highest BCUT2D eigenvalue weighted by atomic mass is 32.1. The van der Waals surface area contributed by atoms with Crippen molar-refractivity contribution in [1.29, 1.82) is 0 Å². The molecule has 1 atom stereocenters. The average Bonchev–Trinajstić information content (AvgIpc) is 3.02. The van der Waals surface area contributed by atoms with Crippen molar-refractivity contribution in [3.8, 4) is 0 Å². The molecule has 2 amide bonds. The van der Waals surface area contributed by atoms with Gasteiger partial charge in [-0.2, -0.15) is 0 Å². The molecule has 2 aromatic carbocycles. The Morgan fingerprint density at radius 2 is 2.07 bits per heavy atom. The first-order chi connectivity index (χ1) is 13.0. The number of fused-ring (bicyclic) bond motifs is 2. The SMILES string of the molecule is CC(=O)N1CCc2ccccc2C1CC(=O)Nc1nc2ccc(C)cc2s1.